The summed E-state index contributed by atoms with van der Waals surface area (Å²) >= 11 is 0. The van der Waals surface area contributed by atoms with E-state index in [1.54, 1.807) is 0 Å². The van der Waals surface area contributed by atoms with Gasteiger partial charge in [0.2, 0.25) is 0 Å². The molecule has 0 aliphatic heterocycles. The third-order valence-electron chi connectivity index (χ3n) is 2.83. The summed E-state index contributed by atoms with van der Waals surface area (Å²) in [5.74, 6) is -0.824. The molecule has 19 heavy (non-hydrogen) atoms. The minimum absolute atomic E-state index is 0.00223. The molecule has 4 N–H and O–H groups in total. The summed E-state index contributed by atoms with van der Waals surface area (Å²) in [6.45, 7) is 0.772. The fourth-order valence-corrected chi connectivity index (χ4v) is 2.46. The quantitative estimate of drug-likeness (QED) is 0.306. The zero-order valence-corrected chi connectivity index (χ0v) is 12.3. The molecule has 114 valence electrons. The maximum Gasteiger partial charge on any atom is 0.325 e. The molecule has 0 unspecified atom stereocenters. The van der Waals surface area contributed by atoms with E-state index in [2.05, 4.69) is 5.32 Å². The van der Waals surface area contributed by atoms with Crippen molar-refractivity contribution in [3.8, 4) is 0 Å². The number of hydrogen-bond acceptors (Lipinski definition) is 3. The van der Waals surface area contributed by atoms with Crippen molar-refractivity contribution in [2.24, 2.45) is 0 Å². The summed E-state index contributed by atoms with van der Waals surface area (Å²) in [5, 5.41) is 11.2. The SMILES string of the molecule is O=C(O)CNCCCCCCCCCCP(=O)(O)O. The Labute approximate surface area is 114 Å². The number of carboxylic acids is 1. The molecular weight excluding hydrogens is 269 g/mol. The van der Waals surface area contributed by atoms with Crippen molar-refractivity contribution in [3.63, 3.8) is 0 Å². The molecule has 0 aliphatic carbocycles. The van der Waals surface area contributed by atoms with E-state index in [-0.39, 0.29) is 12.7 Å². The highest BCUT2D eigenvalue weighted by atomic mass is 31.2. The maximum absolute atomic E-state index is 10.6. The topological polar surface area (TPSA) is 107 Å². The Morgan fingerprint density at radius 2 is 1.37 bits per heavy atom. The highest BCUT2D eigenvalue weighted by molar-refractivity contribution is 7.51. The lowest BCUT2D eigenvalue weighted by Crippen LogP contribution is -2.23. The molecular formula is C12H26NO5P. The molecule has 0 heterocycles. The normalized spacial score (nSPS) is 11.7. The first-order valence-electron chi connectivity index (χ1n) is 6.89. The lowest BCUT2D eigenvalue weighted by Gasteiger charge is -2.04. The molecule has 0 spiro atoms. The van der Waals surface area contributed by atoms with Gasteiger partial charge in [-0.15, -0.1) is 0 Å². The van der Waals surface area contributed by atoms with Crippen molar-refractivity contribution in [3.05, 3.63) is 0 Å². The zero-order chi connectivity index (χ0) is 14.6. The van der Waals surface area contributed by atoms with Crippen molar-refractivity contribution in [1.29, 1.82) is 0 Å². The summed E-state index contributed by atoms with van der Waals surface area (Å²) in [6, 6.07) is 0. The van der Waals surface area contributed by atoms with Crippen LogP contribution in [0.4, 0.5) is 0 Å². The first-order valence-corrected chi connectivity index (χ1v) is 8.68. The predicted molar refractivity (Wildman–Crippen MR) is 74.4 cm³/mol. The van der Waals surface area contributed by atoms with Crippen LogP contribution in [0.3, 0.4) is 0 Å². The summed E-state index contributed by atoms with van der Waals surface area (Å²) in [6.07, 6.45) is 7.96. The number of carbonyl (C=O) groups is 1. The summed E-state index contributed by atoms with van der Waals surface area (Å²) in [4.78, 5) is 27.5. The number of nitrogens with one attached hydrogen (secondary N) is 1. The van der Waals surface area contributed by atoms with Crippen LogP contribution in [0.25, 0.3) is 0 Å². The van der Waals surface area contributed by atoms with Crippen LogP contribution in [0.2, 0.25) is 0 Å². The lowest BCUT2D eigenvalue weighted by atomic mass is 10.1. The van der Waals surface area contributed by atoms with Crippen LogP contribution in [0.5, 0.6) is 0 Å². The fourth-order valence-electron chi connectivity index (χ4n) is 1.82. The van der Waals surface area contributed by atoms with Gasteiger partial charge in [-0.05, 0) is 19.4 Å². The van der Waals surface area contributed by atoms with Crippen LogP contribution in [-0.2, 0) is 9.36 Å². The number of carboxylic acid groups (broad SMARTS) is 1. The van der Waals surface area contributed by atoms with Crippen LogP contribution < -0.4 is 5.32 Å². The molecule has 0 rings (SSSR count). The predicted octanol–water partition coefficient (Wildman–Crippen LogP) is 1.96. The van der Waals surface area contributed by atoms with Crippen LogP contribution >= 0.6 is 7.60 Å². The van der Waals surface area contributed by atoms with Gasteiger partial charge < -0.3 is 20.2 Å². The van der Waals surface area contributed by atoms with E-state index in [1.165, 1.54) is 0 Å². The van der Waals surface area contributed by atoms with Gasteiger partial charge in [0.1, 0.15) is 0 Å². The zero-order valence-electron chi connectivity index (χ0n) is 11.4. The van der Waals surface area contributed by atoms with Crippen molar-refractivity contribution in [1.82, 2.24) is 5.32 Å². The Hall–Kier alpha value is -0.420. The third-order valence-corrected chi connectivity index (χ3v) is 3.73. The molecule has 0 amide bonds. The molecule has 0 saturated carbocycles. The summed E-state index contributed by atoms with van der Waals surface area (Å²) in [7, 11) is -3.80. The Kier molecular flexibility index (Phi) is 11.2. The highest BCUT2D eigenvalue weighted by Crippen LogP contribution is 2.35. The highest BCUT2D eigenvalue weighted by Gasteiger charge is 2.10. The van der Waals surface area contributed by atoms with E-state index in [1.807, 2.05) is 0 Å². The van der Waals surface area contributed by atoms with Crippen LogP contribution in [-0.4, -0.2) is 40.1 Å². The molecule has 0 aromatic heterocycles. The van der Waals surface area contributed by atoms with E-state index < -0.39 is 13.6 Å². The van der Waals surface area contributed by atoms with E-state index in [9.17, 15) is 9.36 Å². The maximum atomic E-state index is 10.6. The molecule has 0 saturated heterocycles. The third kappa shape index (κ3) is 17.6. The van der Waals surface area contributed by atoms with Gasteiger partial charge in [-0.25, -0.2) is 0 Å². The second-order valence-electron chi connectivity index (χ2n) is 4.79. The molecule has 0 aromatic carbocycles. The molecule has 0 bridgehead atoms. The molecule has 0 atom stereocenters. The van der Waals surface area contributed by atoms with Crippen molar-refractivity contribution in [2.75, 3.05) is 19.3 Å². The average molecular weight is 295 g/mol. The van der Waals surface area contributed by atoms with Crippen LogP contribution in [0.15, 0.2) is 0 Å². The summed E-state index contributed by atoms with van der Waals surface area (Å²) in [5.41, 5.74) is 0. The fraction of sp³-hybridized carbons (Fsp3) is 0.917. The van der Waals surface area contributed by atoms with E-state index >= 15 is 0 Å². The Morgan fingerprint density at radius 1 is 0.895 bits per heavy atom. The average Bonchev–Trinajstić information content (AvgIpc) is 2.28. The molecule has 0 aromatic rings. The minimum atomic E-state index is -3.80. The Morgan fingerprint density at radius 3 is 1.84 bits per heavy atom. The van der Waals surface area contributed by atoms with E-state index in [0.29, 0.717) is 6.42 Å². The second kappa shape index (κ2) is 11.4. The Bertz CT molecular complexity index is 279. The van der Waals surface area contributed by atoms with Crippen LogP contribution in [0, 0.1) is 0 Å². The van der Waals surface area contributed by atoms with Gasteiger partial charge >= 0.3 is 13.6 Å². The minimum Gasteiger partial charge on any atom is -0.480 e. The number of hydrogen-bond donors (Lipinski definition) is 4. The van der Waals surface area contributed by atoms with E-state index in [0.717, 1.165) is 51.5 Å². The van der Waals surface area contributed by atoms with Gasteiger partial charge in [0.05, 0.1) is 6.54 Å². The standard InChI is InChI=1S/C12H26NO5P/c14-12(15)11-13-9-7-5-3-1-2-4-6-8-10-19(16,17)18/h13H,1-11H2,(H,14,15)(H2,16,17,18). The largest absolute Gasteiger partial charge is 0.480 e. The van der Waals surface area contributed by atoms with Crippen molar-refractivity contribution >= 4 is 13.6 Å². The molecule has 0 fully saturated rings. The van der Waals surface area contributed by atoms with Crippen LogP contribution in [0.1, 0.15) is 51.4 Å². The molecule has 6 nitrogen and oxygen atoms in total. The lowest BCUT2D eigenvalue weighted by molar-refractivity contribution is -0.135. The van der Waals surface area contributed by atoms with Crippen molar-refractivity contribution < 1.29 is 24.3 Å². The van der Waals surface area contributed by atoms with Gasteiger partial charge in [0.25, 0.3) is 0 Å². The molecule has 7 heteroatoms. The second-order valence-corrected chi connectivity index (χ2v) is 6.56. The first kappa shape index (κ1) is 18.6. The van der Waals surface area contributed by atoms with Crippen molar-refractivity contribution in [2.45, 2.75) is 51.4 Å². The van der Waals surface area contributed by atoms with Gasteiger partial charge in [-0.1, -0.05) is 38.5 Å². The number of unbranched alkanes of at least 4 members (excludes halogenated alkanes) is 7. The Balaban J connectivity index is 3.07. The first-order chi connectivity index (χ1) is 8.92. The molecule has 0 aliphatic rings. The smallest absolute Gasteiger partial charge is 0.325 e. The van der Waals surface area contributed by atoms with E-state index in [4.69, 9.17) is 14.9 Å². The molecule has 0 radical (unpaired) electrons. The number of rotatable bonds is 13. The van der Waals surface area contributed by atoms with Gasteiger partial charge in [0, 0.05) is 6.16 Å². The van der Waals surface area contributed by atoms with Gasteiger partial charge in [-0.2, -0.15) is 0 Å². The van der Waals surface area contributed by atoms with Gasteiger partial charge in [0.15, 0.2) is 0 Å². The number of aliphatic carboxylic acids is 1. The summed E-state index contributed by atoms with van der Waals surface area (Å²) < 4.78 is 10.6. The monoisotopic (exact) mass is 295 g/mol. The van der Waals surface area contributed by atoms with Gasteiger partial charge in [-0.3, -0.25) is 9.36 Å².